The number of aldehydes is 1. The average molecular weight is 288 g/mol. The fraction of sp³-hybridized carbons (Fsp3) is 0.467. The lowest BCUT2D eigenvalue weighted by atomic mass is 10.1. The number of ether oxygens (including phenoxy) is 1. The molecule has 0 N–H and O–H groups in total. The van der Waals surface area contributed by atoms with E-state index in [9.17, 15) is 4.79 Å². The van der Waals surface area contributed by atoms with Gasteiger partial charge in [-0.3, -0.25) is 0 Å². The van der Waals surface area contributed by atoms with Crippen molar-refractivity contribution in [2.75, 3.05) is 6.61 Å². The molecule has 0 aliphatic rings. The molecule has 0 radical (unpaired) electrons. The largest absolute Gasteiger partial charge is 0.493 e. The second kappa shape index (κ2) is 6.97. The Morgan fingerprint density at radius 1 is 1.24 bits per heavy atom. The van der Waals surface area contributed by atoms with Gasteiger partial charge in [-0.05, 0) is 55.2 Å². The SMILES string of the molecule is Cc1cc(-c2nnn(C)n2)cc(C)c1OCCCCC=O. The lowest BCUT2D eigenvalue weighted by Gasteiger charge is -2.13. The van der Waals surface area contributed by atoms with Crippen molar-refractivity contribution in [3.63, 3.8) is 0 Å². The maximum atomic E-state index is 10.3. The van der Waals surface area contributed by atoms with E-state index in [1.165, 1.54) is 4.80 Å². The molecule has 0 atom stereocenters. The summed E-state index contributed by atoms with van der Waals surface area (Å²) in [5.74, 6) is 1.51. The number of tetrazole rings is 1. The van der Waals surface area contributed by atoms with Gasteiger partial charge in [-0.1, -0.05) is 0 Å². The first-order chi connectivity index (χ1) is 10.1. The van der Waals surface area contributed by atoms with Crippen LogP contribution in [0, 0.1) is 13.8 Å². The van der Waals surface area contributed by atoms with Crippen LogP contribution < -0.4 is 4.74 Å². The zero-order valence-electron chi connectivity index (χ0n) is 12.7. The summed E-state index contributed by atoms with van der Waals surface area (Å²) in [6.07, 6.45) is 3.28. The van der Waals surface area contributed by atoms with Crippen molar-refractivity contribution >= 4 is 6.29 Å². The Bertz CT molecular complexity index is 599. The molecular weight excluding hydrogens is 268 g/mol. The maximum Gasteiger partial charge on any atom is 0.204 e. The summed E-state index contributed by atoms with van der Waals surface area (Å²) >= 11 is 0. The minimum absolute atomic E-state index is 0.596. The molecule has 0 amide bonds. The summed E-state index contributed by atoms with van der Waals surface area (Å²) in [6, 6.07) is 4.01. The van der Waals surface area contributed by atoms with E-state index in [4.69, 9.17) is 4.74 Å². The zero-order chi connectivity index (χ0) is 15.2. The molecule has 0 aliphatic heterocycles. The highest BCUT2D eigenvalue weighted by atomic mass is 16.5. The van der Waals surface area contributed by atoms with E-state index in [0.717, 1.165) is 41.6 Å². The van der Waals surface area contributed by atoms with Crippen molar-refractivity contribution in [3.8, 4) is 17.1 Å². The van der Waals surface area contributed by atoms with Gasteiger partial charge in [0.1, 0.15) is 12.0 Å². The number of hydrogen-bond donors (Lipinski definition) is 0. The summed E-state index contributed by atoms with van der Waals surface area (Å²) in [5.41, 5.74) is 3.03. The van der Waals surface area contributed by atoms with Crippen LogP contribution in [0.3, 0.4) is 0 Å². The molecule has 2 aromatic rings. The Labute approximate surface area is 124 Å². The van der Waals surface area contributed by atoms with Crippen LogP contribution in [0.15, 0.2) is 12.1 Å². The van der Waals surface area contributed by atoms with Crippen LogP contribution >= 0.6 is 0 Å². The van der Waals surface area contributed by atoms with E-state index in [1.807, 2.05) is 26.0 Å². The number of rotatable bonds is 7. The molecule has 0 unspecified atom stereocenters. The van der Waals surface area contributed by atoms with E-state index in [1.54, 1.807) is 7.05 Å². The summed E-state index contributed by atoms with van der Waals surface area (Å²) in [6.45, 7) is 4.64. The summed E-state index contributed by atoms with van der Waals surface area (Å²) in [4.78, 5) is 11.7. The van der Waals surface area contributed by atoms with Crippen LogP contribution in [0.1, 0.15) is 30.4 Å². The lowest BCUT2D eigenvalue weighted by Crippen LogP contribution is -2.01. The van der Waals surface area contributed by atoms with Gasteiger partial charge < -0.3 is 9.53 Å². The predicted molar refractivity (Wildman–Crippen MR) is 79.1 cm³/mol. The standard InChI is InChI=1S/C15H20N4O2/c1-11-9-13(15-16-18-19(3)17-15)10-12(2)14(11)21-8-6-4-5-7-20/h7,9-10H,4-6,8H2,1-3H3. The van der Waals surface area contributed by atoms with Crippen molar-refractivity contribution in [2.45, 2.75) is 33.1 Å². The van der Waals surface area contributed by atoms with E-state index < -0.39 is 0 Å². The normalized spacial score (nSPS) is 10.6. The van der Waals surface area contributed by atoms with Crippen LogP contribution in [0.4, 0.5) is 0 Å². The molecule has 0 saturated heterocycles. The number of hydrogen-bond acceptors (Lipinski definition) is 5. The fourth-order valence-corrected chi connectivity index (χ4v) is 2.21. The van der Waals surface area contributed by atoms with E-state index in [-0.39, 0.29) is 0 Å². The van der Waals surface area contributed by atoms with Gasteiger partial charge in [0.25, 0.3) is 0 Å². The molecule has 1 aromatic heterocycles. The van der Waals surface area contributed by atoms with Crippen LogP contribution in [0.25, 0.3) is 11.4 Å². The van der Waals surface area contributed by atoms with Crippen molar-refractivity contribution in [2.24, 2.45) is 7.05 Å². The number of benzene rings is 1. The molecule has 112 valence electrons. The van der Waals surface area contributed by atoms with Crippen LogP contribution in [-0.2, 0) is 11.8 Å². The monoisotopic (exact) mass is 288 g/mol. The Balaban J connectivity index is 2.08. The molecule has 0 spiro atoms. The molecular formula is C15H20N4O2. The quantitative estimate of drug-likeness (QED) is 0.577. The first-order valence-electron chi connectivity index (χ1n) is 7.04. The highest BCUT2D eigenvalue weighted by Gasteiger charge is 2.11. The van der Waals surface area contributed by atoms with Crippen LogP contribution in [-0.4, -0.2) is 33.1 Å². The molecule has 0 aliphatic carbocycles. The third-order valence-electron chi connectivity index (χ3n) is 3.19. The fourth-order valence-electron chi connectivity index (χ4n) is 2.21. The Kier molecular flexibility index (Phi) is 5.03. The molecule has 2 rings (SSSR count). The maximum absolute atomic E-state index is 10.3. The second-order valence-corrected chi connectivity index (χ2v) is 5.05. The molecule has 0 fully saturated rings. The first-order valence-corrected chi connectivity index (χ1v) is 7.04. The topological polar surface area (TPSA) is 69.9 Å². The third-order valence-corrected chi connectivity index (χ3v) is 3.19. The van der Waals surface area contributed by atoms with E-state index in [0.29, 0.717) is 18.9 Å². The number of carbonyl (C=O) groups is 1. The Hall–Kier alpha value is -2.24. The zero-order valence-corrected chi connectivity index (χ0v) is 12.7. The number of aromatic nitrogens is 4. The third kappa shape index (κ3) is 3.87. The van der Waals surface area contributed by atoms with Gasteiger partial charge in [0, 0.05) is 12.0 Å². The van der Waals surface area contributed by atoms with Crippen LogP contribution in [0.2, 0.25) is 0 Å². The van der Waals surface area contributed by atoms with E-state index >= 15 is 0 Å². The summed E-state index contributed by atoms with van der Waals surface area (Å²) < 4.78 is 5.83. The predicted octanol–water partition coefficient (Wildman–Crippen LogP) is 2.24. The van der Waals surface area contributed by atoms with Crippen molar-refractivity contribution in [1.29, 1.82) is 0 Å². The number of unbranched alkanes of at least 4 members (excludes halogenated alkanes) is 2. The van der Waals surface area contributed by atoms with Gasteiger partial charge in [0.15, 0.2) is 0 Å². The van der Waals surface area contributed by atoms with Crippen molar-refractivity contribution in [3.05, 3.63) is 23.3 Å². The molecule has 21 heavy (non-hydrogen) atoms. The van der Waals surface area contributed by atoms with Gasteiger partial charge in [0.2, 0.25) is 5.82 Å². The number of nitrogens with zero attached hydrogens (tertiary/aromatic N) is 4. The summed E-state index contributed by atoms with van der Waals surface area (Å²) in [7, 11) is 1.74. The van der Waals surface area contributed by atoms with Gasteiger partial charge in [-0.2, -0.15) is 4.80 Å². The van der Waals surface area contributed by atoms with Crippen molar-refractivity contribution < 1.29 is 9.53 Å². The second-order valence-electron chi connectivity index (χ2n) is 5.05. The van der Waals surface area contributed by atoms with Gasteiger partial charge in [-0.15, -0.1) is 10.2 Å². The molecule has 6 heteroatoms. The average Bonchev–Trinajstić information content (AvgIpc) is 2.87. The molecule has 0 saturated carbocycles. The Morgan fingerprint density at radius 3 is 2.52 bits per heavy atom. The smallest absolute Gasteiger partial charge is 0.204 e. The summed E-state index contributed by atoms with van der Waals surface area (Å²) in [5, 5.41) is 12.1. The molecule has 1 aromatic carbocycles. The van der Waals surface area contributed by atoms with Crippen LogP contribution in [0.5, 0.6) is 5.75 Å². The Morgan fingerprint density at radius 2 is 1.95 bits per heavy atom. The molecule has 6 nitrogen and oxygen atoms in total. The molecule has 0 bridgehead atoms. The van der Waals surface area contributed by atoms with Gasteiger partial charge in [-0.25, -0.2) is 0 Å². The minimum atomic E-state index is 0.596. The highest BCUT2D eigenvalue weighted by Crippen LogP contribution is 2.28. The minimum Gasteiger partial charge on any atom is -0.493 e. The van der Waals surface area contributed by atoms with Gasteiger partial charge in [0.05, 0.1) is 13.7 Å². The lowest BCUT2D eigenvalue weighted by molar-refractivity contribution is -0.107. The van der Waals surface area contributed by atoms with Crippen molar-refractivity contribution in [1.82, 2.24) is 20.2 Å². The van der Waals surface area contributed by atoms with Gasteiger partial charge >= 0.3 is 0 Å². The number of aryl methyl sites for hydroxylation is 3. The van der Waals surface area contributed by atoms with E-state index in [2.05, 4.69) is 15.4 Å². The first kappa shape index (κ1) is 15.2. The number of carbonyl (C=O) groups excluding carboxylic acids is 1. The highest BCUT2D eigenvalue weighted by molar-refractivity contribution is 5.60. The molecule has 1 heterocycles.